The van der Waals surface area contributed by atoms with E-state index in [1.165, 1.54) is 17.2 Å². The molecule has 0 aromatic heterocycles. The molecule has 2 unspecified atom stereocenters. The first-order valence-electron chi connectivity index (χ1n) is 7.92. The summed E-state index contributed by atoms with van der Waals surface area (Å²) in [5, 5.41) is 0. The summed E-state index contributed by atoms with van der Waals surface area (Å²) in [6, 6.07) is 15.7. The first kappa shape index (κ1) is 15.0. The second kappa shape index (κ2) is 6.49. The summed E-state index contributed by atoms with van der Waals surface area (Å²) in [6.45, 7) is 3.84. The average molecular weight is 298 g/mol. The molecule has 1 aliphatic rings. The van der Waals surface area contributed by atoms with E-state index in [-0.39, 0.29) is 11.9 Å². The number of nitrogens with zero attached hydrogens (tertiary/aromatic N) is 1. The summed E-state index contributed by atoms with van der Waals surface area (Å²) < 4.78 is 13.4. The van der Waals surface area contributed by atoms with E-state index in [4.69, 9.17) is 5.73 Å². The maximum Gasteiger partial charge on any atom is 0.125 e. The van der Waals surface area contributed by atoms with Crippen LogP contribution < -0.4 is 10.6 Å². The molecule has 1 aliphatic heterocycles. The van der Waals surface area contributed by atoms with Gasteiger partial charge in [0.1, 0.15) is 5.82 Å². The van der Waals surface area contributed by atoms with Crippen LogP contribution in [-0.2, 0) is 6.42 Å². The molecule has 22 heavy (non-hydrogen) atoms. The minimum Gasteiger partial charge on any atom is -0.370 e. The number of benzene rings is 2. The van der Waals surface area contributed by atoms with Crippen LogP contribution in [0, 0.1) is 18.7 Å². The normalized spacial score (nSPS) is 21.9. The highest BCUT2D eigenvalue weighted by molar-refractivity contribution is 5.47. The number of hydrogen-bond donors (Lipinski definition) is 1. The van der Waals surface area contributed by atoms with Gasteiger partial charge in [0.05, 0.1) is 0 Å². The fourth-order valence-corrected chi connectivity index (χ4v) is 3.34. The molecule has 0 radical (unpaired) electrons. The van der Waals surface area contributed by atoms with Gasteiger partial charge < -0.3 is 10.6 Å². The van der Waals surface area contributed by atoms with Crippen molar-refractivity contribution in [2.75, 3.05) is 18.0 Å². The zero-order valence-electron chi connectivity index (χ0n) is 13.0. The van der Waals surface area contributed by atoms with Crippen LogP contribution in [0.4, 0.5) is 10.1 Å². The minimum absolute atomic E-state index is 0.146. The minimum atomic E-state index is -0.188. The van der Waals surface area contributed by atoms with Gasteiger partial charge in [-0.2, -0.15) is 0 Å². The Morgan fingerprint density at radius 3 is 2.64 bits per heavy atom. The van der Waals surface area contributed by atoms with Crippen molar-refractivity contribution in [3.63, 3.8) is 0 Å². The molecule has 3 heteroatoms. The molecule has 0 aliphatic carbocycles. The fraction of sp³-hybridized carbons (Fsp3) is 0.368. The van der Waals surface area contributed by atoms with Gasteiger partial charge in [0.25, 0.3) is 0 Å². The van der Waals surface area contributed by atoms with Crippen molar-refractivity contribution in [1.29, 1.82) is 0 Å². The van der Waals surface area contributed by atoms with E-state index in [1.54, 1.807) is 12.1 Å². The van der Waals surface area contributed by atoms with Crippen molar-refractivity contribution in [1.82, 2.24) is 0 Å². The number of halogens is 1. The quantitative estimate of drug-likeness (QED) is 0.939. The molecule has 2 atom stereocenters. The van der Waals surface area contributed by atoms with Gasteiger partial charge in [-0.05, 0) is 49.4 Å². The molecular formula is C19H23FN2. The van der Waals surface area contributed by atoms with Crippen LogP contribution in [0.5, 0.6) is 0 Å². The van der Waals surface area contributed by atoms with Gasteiger partial charge in [-0.25, -0.2) is 4.39 Å². The number of hydrogen-bond acceptors (Lipinski definition) is 2. The molecule has 1 saturated heterocycles. The predicted octanol–water partition coefficient (Wildman–Crippen LogP) is 3.53. The van der Waals surface area contributed by atoms with Gasteiger partial charge in [0.2, 0.25) is 0 Å². The predicted molar refractivity (Wildman–Crippen MR) is 89.6 cm³/mol. The Bertz CT molecular complexity index is 624. The third-order valence-corrected chi connectivity index (χ3v) is 4.39. The molecule has 2 nitrogen and oxygen atoms in total. The highest BCUT2D eigenvalue weighted by Crippen LogP contribution is 2.25. The van der Waals surface area contributed by atoms with Crippen LogP contribution in [0.25, 0.3) is 0 Å². The number of piperidine rings is 1. The Labute approximate surface area is 131 Å². The third kappa shape index (κ3) is 3.66. The topological polar surface area (TPSA) is 29.3 Å². The molecule has 0 saturated carbocycles. The molecule has 3 rings (SSSR count). The van der Waals surface area contributed by atoms with Crippen molar-refractivity contribution < 1.29 is 4.39 Å². The number of anilines is 1. The fourth-order valence-electron chi connectivity index (χ4n) is 3.34. The van der Waals surface area contributed by atoms with E-state index in [1.807, 2.05) is 6.07 Å². The zero-order valence-corrected chi connectivity index (χ0v) is 13.0. The lowest BCUT2D eigenvalue weighted by molar-refractivity contribution is 0.374. The largest absolute Gasteiger partial charge is 0.370 e. The standard InChI is InChI=1S/C19H23FN2/c1-14-5-7-15(8-6-14)9-16-10-18(21)13-22(12-16)19-4-2-3-17(20)11-19/h2-8,11,16,18H,9-10,12-13,21H2,1H3. The average Bonchev–Trinajstić information content (AvgIpc) is 2.49. The van der Waals surface area contributed by atoms with Crippen molar-refractivity contribution in [3.05, 3.63) is 65.5 Å². The monoisotopic (exact) mass is 298 g/mol. The molecule has 0 amide bonds. The molecule has 2 N–H and O–H groups in total. The van der Waals surface area contributed by atoms with Crippen molar-refractivity contribution >= 4 is 5.69 Å². The van der Waals surface area contributed by atoms with E-state index in [0.29, 0.717) is 5.92 Å². The SMILES string of the molecule is Cc1ccc(CC2CC(N)CN(c3cccc(F)c3)C2)cc1. The van der Waals surface area contributed by atoms with Crippen molar-refractivity contribution in [2.45, 2.75) is 25.8 Å². The summed E-state index contributed by atoms with van der Waals surface area (Å²) in [7, 11) is 0. The summed E-state index contributed by atoms with van der Waals surface area (Å²) in [6.07, 6.45) is 2.06. The zero-order chi connectivity index (χ0) is 15.5. The lowest BCUT2D eigenvalue weighted by Crippen LogP contribution is -2.47. The molecule has 1 fully saturated rings. The summed E-state index contributed by atoms with van der Waals surface area (Å²) in [5.41, 5.74) is 9.80. The lowest BCUT2D eigenvalue weighted by atomic mass is 9.88. The van der Waals surface area contributed by atoms with Crippen LogP contribution in [0.1, 0.15) is 17.5 Å². The number of nitrogens with two attached hydrogens (primary N) is 1. The molecule has 116 valence electrons. The van der Waals surface area contributed by atoms with Crippen LogP contribution in [0.15, 0.2) is 48.5 Å². The Morgan fingerprint density at radius 2 is 1.91 bits per heavy atom. The van der Waals surface area contributed by atoms with Crippen molar-refractivity contribution in [2.24, 2.45) is 11.7 Å². The first-order chi connectivity index (χ1) is 10.6. The van der Waals surface area contributed by atoms with Gasteiger partial charge in [-0.3, -0.25) is 0 Å². The van der Waals surface area contributed by atoms with E-state index >= 15 is 0 Å². The van der Waals surface area contributed by atoms with E-state index in [0.717, 1.165) is 31.6 Å². The molecule has 2 aromatic carbocycles. The molecular weight excluding hydrogens is 275 g/mol. The van der Waals surface area contributed by atoms with E-state index in [2.05, 4.69) is 36.1 Å². The van der Waals surface area contributed by atoms with Crippen LogP contribution in [0.3, 0.4) is 0 Å². The van der Waals surface area contributed by atoms with Crippen LogP contribution in [-0.4, -0.2) is 19.1 Å². The summed E-state index contributed by atoms with van der Waals surface area (Å²) in [4.78, 5) is 2.22. The number of rotatable bonds is 3. The van der Waals surface area contributed by atoms with Gasteiger partial charge in [0.15, 0.2) is 0 Å². The lowest BCUT2D eigenvalue weighted by Gasteiger charge is -2.38. The Balaban J connectivity index is 1.72. The number of aryl methyl sites for hydroxylation is 1. The molecule has 0 spiro atoms. The smallest absolute Gasteiger partial charge is 0.125 e. The van der Waals surface area contributed by atoms with E-state index < -0.39 is 0 Å². The van der Waals surface area contributed by atoms with Crippen LogP contribution >= 0.6 is 0 Å². The van der Waals surface area contributed by atoms with Gasteiger partial charge in [-0.1, -0.05) is 35.9 Å². The summed E-state index contributed by atoms with van der Waals surface area (Å²) in [5.74, 6) is 0.321. The van der Waals surface area contributed by atoms with Gasteiger partial charge in [0, 0.05) is 24.8 Å². The van der Waals surface area contributed by atoms with Gasteiger partial charge >= 0.3 is 0 Å². The maximum atomic E-state index is 13.4. The maximum absolute atomic E-state index is 13.4. The van der Waals surface area contributed by atoms with Gasteiger partial charge in [-0.15, -0.1) is 0 Å². The van der Waals surface area contributed by atoms with Crippen molar-refractivity contribution in [3.8, 4) is 0 Å². The molecule has 0 bridgehead atoms. The molecule has 1 heterocycles. The van der Waals surface area contributed by atoms with Crippen LogP contribution in [0.2, 0.25) is 0 Å². The summed E-state index contributed by atoms with van der Waals surface area (Å²) >= 11 is 0. The Hall–Kier alpha value is -1.87. The Morgan fingerprint density at radius 1 is 1.14 bits per heavy atom. The highest BCUT2D eigenvalue weighted by Gasteiger charge is 2.25. The second-order valence-electron chi connectivity index (χ2n) is 6.44. The Kier molecular flexibility index (Phi) is 4.44. The highest BCUT2D eigenvalue weighted by atomic mass is 19.1. The first-order valence-corrected chi connectivity index (χ1v) is 7.92. The third-order valence-electron chi connectivity index (χ3n) is 4.39. The van der Waals surface area contributed by atoms with E-state index in [9.17, 15) is 4.39 Å². The molecule has 2 aromatic rings. The second-order valence-corrected chi connectivity index (χ2v) is 6.44.